The van der Waals surface area contributed by atoms with E-state index in [9.17, 15) is 15.2 Å². The zero-order valence-corrected chi connectivity index (χ0v) is 15.6. The molecule has 0 spiro atoms. The minimum atomic E-state index is -1.05. The van der Waals surface area contributed by atoms with Crippen LogP contribution in [0.25, 0.3) is 22.3 Å². The van der Waals surface area contributed by atoms with Crippen molar-refractivity contribution in [2.75, 3.05) is 5.75 Å². The molecule has 0 unspecified atom stereocenters. The summed E-state index contributed by atoms with van der Waals surface area (Å²) in [5.74, 6) is -0.101. The van der Waals surface area contributed by atoms with Gasteiger partial charge in [-0.15, -0.1) is 0 Å². The molecule has 0 aliphatic rings. The molecule has 132 valence electrons. The molecule has 0 amide bonds. The van der Waals surface area contributed by atoms with Gasteiger partial charge in [-0.2, -0.15) is 17.9 Å². The lowest BCUT2D eigenvalue weighted by Crippen LogP contribution is -2.05. The van der Waals surface area contributed by atoms with Crippen molar-refractivity contribution < 1.29 is 9.90 Å². The van der Waals surface area contributed by atoms with Crippen molar-refractivity contribution in [3.05, 3.63) is 72.1 Å². The number of rotatable bonds is 3. The van der Waals surface area contributed by atoms with E-state index < -0.39 is 5.97 Å². The lowest BCUT2D eigenvalue weighted by Gasteiger charge is -2.06. The third kappa shape index (κ3) is 4.16. The van der Waals surface area contributed by atoms with Crippen molar-refractivity contribution in [3.8, 4) is 28.3 Å². The Labute approximate surface area is 158 Å². The van der Waals surface area contributed by atoms with Crippen molar-refractivity contribution in [2.45, 2.75) is 6.92 Å². The second-order valence-electron chi connectivity index (χ2n) is 5.55. The number of hydrogen-bond donors (Lipinski definition) is 2. The maximum atomic E-state index is 11.5. The van der Waals surface area contributed by atoms with Crippen LogP contribution in [-0.4, -0.2) is 21.4 Å². The van der Waals surface area contributed by atoms with Crippen molar-refractivity contribution in [1.29, 1.82) is 5.26 Å². The Bertz CT molecular complexity index is 923. The molecule has 5 heteroatoms. The molecule has 0 saturated heterocycles. The predicted molar refractivity (Wildman–Crippen MR) is 107 cm³/mol. The van der Waals surface area contributed by atoms with Gasteiger partial charge in [-0.1, -0.05) is 61.5 Å². The minimum absolute atomic E-state index is 0.119. The first kappa shape index (κ1) is 19.4. The van der Waals surface area contributed by atoms with E-state index in [2.05, 4.69) is 18.7 Å². The van der Waals surface area contributed by atoms with Gasteiger partial charge >= 0.3 is 5.97 Å². The number of nitriles is 1. The van der Waals surface area contributed by atoms with E-state index in [1.165, 1.54) is 4.57 Å². The summed E-state index contributed by atoms with van der Waals surface area (Å²) in [5, 5.41) is 18.7. The molecule has 0 atom stereocenters. The van der Waals surface area contributed by atoms with Gasteiger partial charge in [0.15, 0.2) is 0 Å². The summed E-state index contributed by atoms with van der Waals surface area (Å²) < 4.78 is 1.47. The van der Waals surface area contributed by atoms with Gasteiger partial charge in [-0.3, -0.25) is 0 Å². The summed E-state index contributed by atoms with van der Waals surface area (Å²) in [7, 11) is 1.63. The fourth-order valence-electron chi connectivity index (χ4n) is 2.72. The Morgan fingerprint density at radius 3 is 2.08 bits per heavy atom. The fraction of sp³-hybridized carbons (Fsp3) is 0.143. The third-order valence-corrected chi connectivity index (χ3v) is 3.79. The third-order valence-electron chi connectivity index (χ3n) is 3.79. The molecular formula is C21H20N2O2S. The van der Waals surface area contributed by atoms with Gasteiger partial charge < -0.3 is 9.67 Å². The monoisotopic (exact) mass is 364 g/mol. The standard InChI is InChI=1S/C19H14N2O2.C2H6S/c1-21-12-16(11-20)17(18(21)19(22)23)15-9-7-14(8-10-15)13-5-3-2-4-6-13;1-2-3/h2-10,12H,1H3,(H,22,23);3H,2H2,1H3. The second-order valence-corrected chi connectivity index (χ2v) is 6.19. The van der Waals surface area contributed by atoms with Gasteiger partial charge in [0.1, 0.15) is 11.8 Å². The Hall–Kier alpha value is -2.97. The Morgan fingerprint density at radius 1 is 1.08 bits per heavy atom. The Kier molecular flexibility index (Phi) is 6.65. The first-order valence-corrected chi connectivity index (χ1v) is 8.76. The molecule has 0 bridgehead atoms. The normalized spacial score (nSPS) is 9.77. The molecule has 0 aliphatic heterocycles. The molecule has 3 rings (SSSR count). The van der Waals surface area contributed by atoms with Crippen LogP contribution in [0.1, 0.15) is 23.0 Å². The van der Waals surface area contributed by atoms with E-state index >= 15 is 0 Å². The number of aryl methyl sites for hydroxylation is 1. The quantitative estimate of drug-likeness (QED) is 0.652. The highest BCUT2D eigenvalue weighted by Gasteiger charge is 2.21. The first-order chi connectivity index (χ1) is 12.5. The van der Waals surface area contributed by atoms with Crippen molar-refractivity contribution in [1.82, 2.24) is 4.57 Å². The number of aromatic nitrogens is 1. The summed E-state index contributed by atoms with van der Waals surface area (Å²) >= 11 is 3.79. The number of aromatic carboxylic acids is 1. The molecule has 0 fully saturated rings. The molecule has 2 aromatic carbocycles. The van der Waals surface area contributed by atoms with Crippen LogP contribution >= 0.6 is 12.6 Å². The van der Waals surface area contributed by atoms with Gasteiger partial charge in [0.25, 0.3) is 0 Å². The van der Waals surface area contributed by atoms with Crippen molar-refractivity contribution >= 4 is 18.6 Å². The predicted octanol–water partition coefficient (Wildman–Crippen LogP) is 4.87. The van der Waals surface area contributed by atoms with Crippen LogP contribution in [0.5, 0.6) is 0 Å². The lowest BCUT2D eigenvalue weighted by atomic mass is 9.98. The first-order valence-electron chi connectivity index (χ1n) is 8.12. The largest absolute Gasteiger partial charge is 0.477 e. The lowest BCUT2D eigenvalue weighted by molar-refractivity contribution is 0.0687. The smallest absolute Gasteiger partial charge is 0.353 e. The number of carboxylic acid groups (broad SMARTS) is 1. The van der Waals surface area contributed by atoms with E-state index in [0.717, 1.165) is 22.4 Å². The number of benzene rings is 2. The molecule has 0 radical (unpaired) electrons. The number of nitrogens with zero attached hydrogens (tertiary/aromatic N) is 2. The molecule has 1 N–H and O–H groups in total. The van der Waals surface area contributed by atoms with Gasteiger partial charge in [-0.25, -0.2) is 4.79 Å². The topological polar surface area (TPSA) is 66.0 Å². The van der Waals surface area contributed by atoms with Crippen LogP contribution in [0.2, 0.25) is 0 Å². The number of hydrogen-bond acceptors (Lipinski definition) is 3. The summed E-state index contributed by atoms with van der Waals surface area (Å²) in [6, 6.07) is 19.6. The zero-order valence-electron chi connectivity index (χ0n) is 14.7. The Morgan fingerprint density at radius 2 is 1.58 bits per heavy atom. The summed E-state index contributed by atoms with van der Waals surface area (Å²) in [5.41, 5.74) is 3.79. The summed E-state index contributed by atoms with van der Waals surface area (Å²) in [6.07, 6.45) is 1.55. The average molecular weight is 364 g/mol. The number of thiol groups is 1. The molecule has 26 heavy (non-hydrogen) atoms. The fourth-order valence-corrected chi connectivity index (χ4v) is 2.72. The number of carboxylic acids is 1. The van der Waals surface area contributed by atoms with Gasteiger partial charge in [-0.05, 0) is 22.4 Å². The molecule has 0 aliphatic carbocycles. The van der Waals surface area contributed by atoms with Crippen LogP contribution in [0, 0.1) is 11.3 Å². The molecule has 4 nitrogen and oxygen atoms in total. The van der Waals surface area contributed by atoms with E-state index in [0.29, 0.717) is 11.1 Å². The maximum absolute atomic E-state index is 11.5. The molecule has 0 saturated carbocycles. The summed E-state index contributed by atoms with van der Waals surface area (Å²) in [6.45, 7) is 1.99. The van der Waals surface area contributed by atoms with Crippen LogP contribution in [0.3, 0.4) is 0 Å². The van der Waals surface area contributed by atoms with Crippen LogP contribution in [0.15, 0.2) is 60.8 Å². The van der Waals surface area contributed by atoms with E-state index in [1.807, 2.05) is 61.5 Å². The highest BCUT2D eigenvalue weighted by atomic mass is 32.1. The Balaban J connectivity index is 0.000000758. The highest BCUT2D eigenvalue weighted by molar-refractivity contribution is 7.80. The van der Waals surface area contributed by atoms with Crippen LogP contribution in [-0.2, 0) is 7.05 Å². The van der Waals surface area contributed by atoms with Crippen LogP contribution < -0.4 is 0 Å². The van der Waals surface area contributed by atoms with E-state index in [4.69, 9.17) is 0 Å². The van der Waals surface area contributed by atoms with Crippen molar-refractivity contribution in [2.24, 2.45) is 7.05 Å². The van der Waals surface area contributed by atoms with Gasteiger partial charge in [0.05, 0.1) is 5.56 Å². The molecule has 1 aromatic heterocycles. The number of carbonyl (C=O) groups is 1. The van der Waals surface area contributed by atoms with Gasteiger partial charge in [0.2, 0.25) is 0 Å². The van der Waals surface area contributed by atoms with E-state index in [-0.39, 0.29) is 5.69 Å². The molecular weight excluding hydrogens is 344 g/mol. The second kappa shape index (κ2) is 8.93. The van der Waals surface area contributed by atoms with E-state index in [1.54, 1.807) is 13.2 Å². The maximum Gasteiger partial charge on any atom is 0.353 e. The van der Waals surface area contributed by atoms with Crippen molar-refractivity contribution in [3.63, 3.8) is 0 Å². The van der Waals surface area contributed by atoms with Crippen LogP contribution in [0.4, 0.5) is 0 Å². The van der Waals surface area contributed by atoms with Gasteiger partial charge in [0, 0.05) is 18.8 Å². The molecule has 3 aromatic rings. The zero-order chi connectivity index (χ0) is 19.1. The summed E-state index contributed by atoms with van der Waals surface area (Å²) in [4.78, 5) is 11.5. The minimum Gasteiger partial charge on any atom is -0.477 e. The highest BCUT2D eigenvalue weighted by Crippen LogP contribution is 2.31. The average Bonchev–Trinajstić information content (AvgIpc) is 3.00. The SMILES string of the molecule is CCS.Cn1cc(C#N)c(-c2ccc(-c3ccccc3)cc2)c1C(=O)O. The molecule has 1 heterocycles.